The summed E-state index contributed by atoms with van der Waals surface area (Å²) in [5.74, 6) is -1.79. The van der Waals surface area contributed by atoms with E-state index in [-0.39, 0.29) is 25.3 Å². The van der Waals surface area contributed by atoms with Crippen molar-refractivity contribution in [2.75, 3.05) is 19.6 Å². The van der Waals surface area contributed by atoms with E-state index < -0.39 is 38.2 Å². The molecule has 2 rings (SSSR count). The lowest BCUT2D eigenvalue weighted by Gasteiger charge is -2.31. The van der Waals surface area contributed by atoms with Gasteiger partial charge in [0.15, 0.2) is 5.96 Å². The van der Waals surface area contributed by atoms with Gasteiger partial charge in [-0.1, -0.05) is 32.0 Å². The molecule has 1 aromatic carbocycles. The smallest absolute Gasteiger partial charge is 0.328 e. The summed E-state index contributed by atoms with van der Waals surface area (Å²) in [7, 11) is -3.21. The Morgan fingerprint density at radius 2 is 1.75 bits per heavy atom. The molecular formula is C22H36N6O6S2. The summed E-state index contributed by atoms with van der Waals surface area (Å²) < 4.78 is 25.5. The standard InChI is InChI=1S/C12H23N5O4S.C10H13NO2S/c1-11(2,5-12(3,22)17-10(13)14)9(21)15-4-7(8(19)20)16-6-18;12-14(13,11-8-4-5-9-11)10-6-2-1-3-7-10/h6-7,22H,4-5H2,1-3H3,(H,15,21)(H,16,18)(H,19,20)(H4,13,14,17);1-3,6-7H,4-5,8-9H2. The van der Waals surface area contributed by atoms with E-state index in [4.69, 9.17) is 16.6 Å². The summed E-state index contributed by atoms with van der Waals surface area (Å²) in [6.45, 7) is 6.05. The van der Waals surface area contributed by atoms with Crippen LogP contribution in [-0.2, 0) is 24.4 Å². The van der Waals surface area contributed by atoms with Crippen LogP contribution >= 0.6 is 12.6 Å². The zero-order chi connectivity index (χ0) is 27.6. The number of guanidine groups is 1. The third-order valence-corrected chi connectivity index (χ3v) is 7.41. The highest BCUT2D eigenvalue weighted by atomic mass is 32.2. The molecule has 0 radical (unpaired) electrons. The fourth-order valence-electron chi connectivity index (χ4n) is 3.64. The first-order valence-electron chi connectivity index (χ1n) is 11.2. The molecule has 1 aliphatic rings. The van der Waals surface area contributed by atoms with E-state index >= 15 is 0 Å². The number of sulfonamides is 1. The zero-order valence-corrected chi connectivity index (χ0v) is 22.4. The first-order chi connectivity index (χ1) is 16.6. The molecule has 0 saturated carbocycles. The molecule has 1 heterocycles. The molecule has 1 saturated heterocycles. The number of aliphatic carboxylic acids is 1. The minimum Gasteiger partial charge on any atom is -0.480 e. The molecule has 202 valence electrons. The number of carboxylic acids is 1. The summed E-state index contributed by atoms with van der Waals surface area (Å²) in [5, 5.41) is 13.5. The number of nitrogens with zero attached hydrogens (tertiary/aromatic N) is 2. The molecule has 1 aromatic rings. The quantitative estimate of drug-likeness (QED) is 0.0976. The number of carboxylic acid groups (broad SMARTS) is 1. The topological polar surface area (TPSA) is 197 Å². The zero-order valence-electron chi connectivity index (χ0n) is 20.7. The Balaban J connectivity index is 0.000000393. The fraction of sp³-hybridized carbons (Fsp3) is 0.545. The number of hydrogen-bond donors (Lipinski definition) is 6. The molecule has 2 amide bonds. The van der Waals surface area contributed by atoms with E-state index in [9.17, 15) is 22.8 Å². The van der Waals surface area contributed by atoms with E-state index in [1.54, 1.807) is 49.3 Å². The van der Waals surface area contributed by atoms with Crippen molar-refractivity contribution in [1.29, 1.82) is 0 Å². The van der Waals surface area contributed by atoms with Gasteiger partial charge in [-0.2, -0.15) is 4.31 Å². The van der Waals surface area contributed by atoms with E-state index in [1.807, 2.05) is 6.07 Å². The van der Waals surface area contributed by atoms with Crippen LogP contribution in [0.4, 0.5) is 0 Å². The van der Waals surface area contributed by atoms with E-state index in [0.717, 1.165) is 12.8 Å². The highest BCUT2D eigenvalue weighted by molar-refractivity contribution is 7.89. The molecule has 12 nitrogen and oxygen atoms in total. The van der Waals surface area contributed by atoms with Gasteiger partial charge in [0.2, 0.25) is 22.3 Å². The van der Waals surface area contributed by atoms with Crippen molar-refractivity contribution in [1.82, 2.24) is 14.9 Å². The first-order valence-corrected chi connectivity index (χ1v) is 13.1. The third kappa shape index (κ3) is 10.0. The maximum atomic E-state index is 12.2. The number of nitrogens with two attached hydrogens (primary N) is 2. The molecule has 0 aliphatic carbocycles. The minimum atomic E-state index is -3.21. The molecule has 0 bridgehead atoms. The molecule has 36 heavy (non-hydrogen) atoms. The summed E-state index contributed by atoms with van der Waals surface area (Å²) in [4.78, 5) is 36.8. The minimum absolute atomic E-state index is 0.144. The Morgan fingerprint density at radius 1 is 1.19 bits per heavy atom. The van der Waals surface area contributed by atoms with Crippen LogP contribution < -0.4 is 22.1 Å². The van der Waals surface area contributed by atoms with Crippen molar-refractivity contribution >= 4 is 46.9 Å². The van der Waals surface area contributed by atoms with Gasteiger partial charge < -0.3 is 27.2 Å². The first kappa shape index (κ1) is 31.2. The summed E-state index contributed by atoms with van der Waals surface area (Å²) >= 11 is 4.31. The molecule has 1 aliphatic heterocycles. The predicted octanol–water partition coefficient (Wildman–Crippen LogP) is 0.109. The molecule has 2 atom stereocenters. The Labute approximate surface area is 217 Å². The monoisotopic (exact) mass is 544 g/mol. The number of carbonyl (C=O) groups excluding carboxylic acids is 2. The second-order valence-corrected chi connectivity index (χ2v) is 12.0. The number of rotatable bonds is 11. The van der Waals surface area contributed by atoms with Crippen molar-refractivity contribution in [3.8, 4) is 0 Å². The van der Waals surface area contributed by atoms with E-state index in [2.05, 4.69) is 28.3 Å². The van der Waals surface area contributed by atoms with Crippen molar-refractivity contribution in [3.63, 3.8) is 0 Å². The average molecular weight is 545 g/mol. The molecular weight excluding hydrogens is 508 g/mol. The number of aliphatic imine (C=N–C) groups is 1. The lowest BCUT2D eigenvalue weighted by atomic mass is 9.85. The maximum Gasteiger partial charge on any atom is 0.328 e. The fourth-order valence-corrected chi connectivity index (χ4v) is 5.69. The van der Waals surface area contributed by atoms with E-state index in [1.165, 1.54) is 0 Å². The number of thiol groups is 1. The lowest BCUT2D eigenvalue weighted by molar-refractivity contribution is -0.140. The van der Waals surface area contributed by atoms with Crippen molar-refractivity contribution in [2.45, 2.75) is 55.8 Å². The molecule has 0 aromatic heterocycles. The van der Waals surface area contributed by atoms with Crippen LogP contribution in [0.1, 0.15) is 40.0 Å². The SMILES string of the molecule is CC(S)(CC(C)(C)C(=O)NCC(NC=O)C(=O)O)N=C(N)N.O=S(=O)(c1ccccc1)N1CCCC1. The molecule has 0 spiro atoms. The molecule has 7 N–H and O–H groups in total. The summed E-state index contributed by atoms with van der Waals surface area (Å²) in [5.41, 5.74) is 9.72. The van der Waals surface area contributed by atoms with Crippen LogP contribution in [-0.4, -0.2) is 72.6 Å². The highest BCUT2D eigenvalue weighted by Gasteiger charge is 2.36. The number of amides is 2. The Hall–Kier alpha value is -2.84. The van der Waals surface area contributed by atoms with E-state index in [0.29, 0.717) is 18.0 Å². The van der Waals surface area contributed by atoms with Crippen LogP contribution in [0.3, 0.4) is 0 Å². The van der Waals surface area contributed by atoms with Gasteiger partial charge in [-0.05, 0) is 38.3 Å². The second-order valence-electron chi connectivity index (χ2n) is 9.12. The van der Waals surface area contributed by atoms with Gasteiger partial charge in [0.05, 0.1) is 4.90 Å². The summed E-state index contributed by atoms with van der Waals surface area (Å²) in [6.07, 6.45) is 2.43. The van der Waals surface area contributed by atoms with Gasteiger partial charge in [0.1, 0.15) is 10.9 Å². The van der Waals surface area contributed by atoms with Crippen molar-refractivity contribution < 1.29 is 27.9 Å². The normalized spacial score (nSPS) is 16.4. The van der Waals surface area contributed by atoms with Gasteiger partial charge in [-0.3, -0.25) is 9.59 Å². The van der Waals surface area contributed by atoms with Crippen LogP contribution in [0.15, 0.2) is 40.2 Å². The highest BCUT2D eigenvalue weighted by Crippen LogP contribution is 2.33. The van der Waals surface area contributed by atoms with Gasteiger partial charge in [0, 0.05) is 25.0 Å². The maximum absolute atomic E-state index is 12.2. The number of hydrogen-bond acceptors (Lipinski definition) is 7. The Kier molecular flexibility index (Phi) is 11.7. The Morgan fingerprint density at radius 3 is 2.22 bits per heavy atom. The molecule has 1 fully saturated rings. The van der Waals surface area contributed by atoms with Crippen molar-refractivity contribution in [3.05, 3.63) is 30.3 Å². The number of nitrogens with one attached hydrogen (secondary N) is 2. The summed E-state index contributed by atoms with van der Waals surface area (Å²) in [6, 6.07) is 7.42. The molecule has 14 heteroatoms. The Bertz CT molecular complexity index is 1020. The molecule has 2 unspecified atom stereocenters. The third-order valence-electron chi connectivity index (χ3n) is 5.24. The van der Waals surface area contributed by atoms with Crippen LogP contribution in [0.5, 0.6) is 0 Å². The van der Waals surface area contributed by atoms with Gasteiger partial charge in [0.25, 0.3) is 0 Å². The number of carbonyl (C=O) groups is 3. The lowest BCUT2D eigenvalue weighted by Crippen LogP contribution is -2.49. The van der Waals surface area contributed by atoms with Crippen LogP contribution in [0, 0.1) is 5.41 Å². The van der Waals surface area contributed by atoms with Gasteiger partial charge >= 0.3 is 5.97 Å². The van der Waals surface area contributed by atoms with Gasteiger partial charge in [-0.25, -0.2) is 18.2 Å². The second kappa shape index (κ2) is 13.5. The van der Waals surface area contributed by atoms with Crippen LogP contribution in [0.2, 0.25) is 0 Å². The average Bonchev–Trinajstić information content (AvgIpc) is 3.31. The predicted molar refractivity (Wildman–Crippen MR) is 140 cm³/mol. The van der Waals surface area contributed by atoms with Crippen LogP contribution in [0.25, 0.3) is 0 Å². The van der Waals surface area contributed by atoms with Crippen molar-refractivity contribution in [2.24, 2.45) is 21.9 Å². The largest absolute Gasteiger partial charge is 0.480 e. The number of benzene rings is 1. The van der Waals surface area contributed by atoms with Gasteiger partial charge in [-0.15, -0.1) is 12.6 Å².